The first-order chi connectivity index (χ1) is 8.65. The second-order valence-electron chi connectivity index (χ2n) is 3.77. The zero-order valence-electron chi connectivity index (χ0n) is 10.2. The quantitative estimate of drug-likeness (QED) is 0.920. The molecule has 2 rings (SSSR count). The highest BCUT2D eigenvalue weighted by molar-refractivity contribution is 9.10. The summed E-state index contributed by atoms with van der Waals surface area (Å²) in [4.78, 5) is 9.04. The van der Waals surface area contributed by atoms with Gasteiger partial charge >= 0.3 is 0 Å². The van der Waals surface area contributed by atoms with E-state index in [2.05, 4.69) is 38.1 Å². The highest BCUT2D eigenvalue weighted by Crippen LogP contribution is 2.28. The third kappa shape index (κ3) is 2.65. The first-order valence-corrected chi connectivity index (χ1v) is 6.83. The second kappa shape index (κ2) is 5.67. The van der Waals surface area contributed by atoms with Gasteiger partial charge in [-0.05, 0) is 34.5 Å². The number of anilines is 1. The summed E-state index contributed by atoms with van der Waals surface area (Å²) < 4.78 is 0.915. The molecule has 0 amide bonds. The standard InChI is InChI=1S/C13H13BrClN3/c1-3-10-11(14)13(16-2)18-12(17-10)8-5-4-6-9(15)7-8/h4-7H,3H2,1-2H3,(H,16,17,18). The maximum absolute atomic E-state index is 5.99. The second-order valence-corrected chi connectivity index (χ2v) is 5.00. The smallest absolute Gasteiger partial charge is 0.161 e. The Morgan fingerprint density at radius 1 is 1.33 bits per heavy atom. The average molecular weight is 327 g/mol. The fourth-order valence-corrected chi connectivity index (χ4v) is 2.50. The van der Waals surface area contributed by atoms with Crippen LogP contribution in [-0.4, -0.2) is 17.0 Å². The van der Waals surface area contributed by atoms with E-state index in [1.54, 1.807) is 0 Å². The van der Waals surface area contributed by atoms with Gasteiger partial charge in [0.05, 0.1) is 10.2 Å². The van der Waals surface area contributed by atoms with Crippen molar-refractivity contribution in [1.82, 2.24) is 9.97 Å². The molecule has 0 aliphatic carbocycles. The number of nitrogens with zero attached hydrogens (tertiary/aromatic N) is 2. The molecule has 0 atom stereocenters. The molecule has 0 radical (unpaired) electrons. The highest BCUT2D eigenvalue weighted by Gasteiger charge is 2.11. The minimum Gasteiger partial charge on any atom is -0.372 e. The lowest BCUT2D eigenvalue weighted by Gasteiger charge is -2.10. The summed E-state index contributed by atoms with van der Waals surface area (Å²) in [5, 5.41) is 3.75. The van der Waals surface area contributed by atoms with E-state index in [1.807, 2.05) is 31.3 Å². The van der Waals surface area contributed by atoms with Crippen molar-refractivity contribution in [1.29, 1.82) is 0 Å². The van der Waals surface area contributed by atoms with E-state index in [-0.39, 0.29) is 0 Å². The van der Waals surface area contributed by atoms with Crippen LogP contribution in [0.25, 0.3) is 11.4 Å². The Morgan fingerprint density at radius 3 is 2.72 bits per heavy atom. The van der Waals surface area contributed by atoms with Crippen molar-refractivity contribution < 1.29 is 0 Å². The Morgan fingerprint density at radius 2 is 2.11 bits per heavy atom. The number of benzene rings is 1. The number of hydrogen-bond donors (Lipinski definition) is 1. The first kappa shape index (κ1) is 13.3. The van der Waals surface area contributed by atoms with Gasteiger partial charge < -0.3 is 5.32 Å². The first-order valence-electron chi connectivity index (χ1n) is 5.65. The van der Waals surface area contributed by atoms with E-state index < -0.39 is 0 Å². The third-order valence-electron chi connectivity index (χ3n) is 2.57. The number of rotatable bonds is 3. The van der Waals surface area contributed by atoms with Gasteiger partial charge in [0, 0.05) is 17.6 Å². The normalized spacial score (nSPS) is 10.4. The van der Waals surface area contributed by atoms with Gasteiger partial charge in [0.2, 0.25) is 0 Å². The molecule has 0 aliphatic heterocycles. The molecule has 0 unspecified atom stereocenters. The zero-order chi connectivity index (χ0) is 13.1. The molecule has 0 aliphatic rings. The Labute approximate surface area is 120 Å². The number of halogens is 2. The van der Waals surface area contributed by atoms with Crippen molar-refractivity contribution >= 4 is 33.3 Å². The van der Waals surface area contributed by atoms with Crippen LogP contribution in [0.4, 0.5) is 5.82 Å². The van der Waals surface area contributed by atoms with Crippen LogP contribution in [-0.2, 0) is 6.42 Å². The van der Waals surface area contributed by atoms with E-state index in [4.69, 9.17) is 11.6 Å². The molecule has 5 heteroatoms. The Kier molecular flexibility index (Phi) is 4.19. The fourth-order valence-electron chi connectivity index (χ4n) is 1.65. The molecule has 3 nitrogen and oxygen atoms in total. The van der Waals surface area contributed by atoms with Crippen LogP contribution >= 0.6 is 27.5 Å². The van der Waals surface area contributed by atoms with E-state index in [0.717, 1.165) is 28.0 Å². The van der Waals surface area contributed by atoms with Crippen LogP contribution < -0.4 is 5.32 Å². The van der Waals surface area contributed by atoms with Gasteiger partial charge in [-0.1, -0.05) is 30.7 Å². The predicted octanol–water partition coefficient (Wildman–Crippen LogP) is 4.16. The average Bonchev–Trinajstić information content (AvgIpc) is 2.39. The molecule has 94 valence electrons. The summed E-state index contributed by atoms with van der Waals surface area (Å²) in [7, 11) is 1.84. The maximum atomic E-state index is 5.99. The molecule has 0 fully saturated rings. The van der Waals surface area contributed by atoms with Crippen molar-refractivity contribution in [2.75, 3.05) is 12.4 Å². The number of nitrogens with one attached hydrogen (secondary N) is 1. The molecular formula is C13H13BrClN3. The maximum Gasteiger partial charge on any atom is 0.161 e. The zero-order valence-corrected chi connectivity index (χ0v) is 12.5. The molecule has 1 N–H and O–H groups in total. The molecule has 0 bridgehead atoms. The van der Waals surface area contributed by atoms with Crippen molar-refractivity contribution in [2.45, 2.75) is 13.3 Å². The van der Waals surface area contributed by atoms with Gasteiger partial charge in [-0.3, -0.25) is 0 Å². The van der Waals surface area contributed by atoms with Crippen molar-refractivity contribution in [3.05, 3.63) is 39.5 Å². The largest absolute Gasteiger partial charge is 0.372 e. The fraction of sp³-hybridized carbons (Fsp3) is 0.231. The molecule has 0 saturated heterocycles. The number of aryl methyl sites for hydroxylation is 1. The lowest BCUT2D eigenvalue weighted by molar-refractivity contribution is 0.991. The van der Waals surface area contributed by atoms with Crippen LogP contribution in [0.3, 0.4) is 0 Å². The van der Waals surface area contributed by atoms with Gasteiger partial charge in [0.1, 0.15) is 5.82 Å². The van der Waals surface area contributed by atoms with E-state index in [1.165, 1.54) is 0 Å². The Balaban J connectivity index is 2.58. The third-order valence-corrected chi connectivity index (χ3v) is 3.64. The van der Waals surface area contributed by atoms with Gasteiger partial charge in [0.25, 0.3) is 0 Å². The lowest BCUT2D eigenvalue weighted by Crippen LogP contribution is -2.02. The molecule has 1 heterocycles. The summed E-state index contributed by atoms with van der Waals surface area (Å²) in [5.74, 6) is 1.47. The van der Waals surface area contributed by atoms with Crippen molar-refractivity contribution in [3.63, 3.8) is 0 Å². The van der Waals surface area contributed by atoms with Crippen LogP contribution in [0.1, 0.15) is 12.6 Å². The monoisotopic (exact) mass is 325 g/mol. The van der Waals surface area contributed by atoms with E-state index in [0.29, 0.717) is 10.8 Å². The molecule has 0 saturated carbocycles. The summed E-state index contributed by atoms with van der Waals surface area (Å²) in [6, 6.07) is 7.55. The molecule has 18 heavy (non-hydrogen) atoms. The van der Waals surface area contributed by atoms with E-state index in [9.17, 15) is 0 Å². The summed E-state index contributed by atoms with van der Waals surface area (Å²) in [6.07, 6.45) is 0.839. The highest BCUT2D eigenvalue weighted by atomic mass is 79.9. The number of hydrogen-bond acceptors (Lipinski definition) is 3. The Bertz CT molecular complexity index is 547. The van der Waals surface area contributed by atoms with Crippen molar-refractivity contribution in [3.8, 4) is 11.4 Å². The van der Waals surface area contributed by atoms with Crippen molar-refractivity contribution in [2.24, 2.45) is 0 Å². The molecule has 2 aromatic rings. The molecular weight excluding hydrogens is 314 g/mol. The molecule has 1 aromatic heterocycles. The topological polar surface area (TPSA) is 37.8 Å². The summed E-state index contributed by atoms with van der Waals surface area (Å²) in [6.45, 7) is 2.06. The van der Waals surface area contributed by atoms with Crippen LogP contribution in [0.2, 0.25) is 5.02 Å². The molecule has 0 spiro atoms. The number of aromatic nitrogens is 2. The van der Waals surface area contributed by atoms with Gasteiger partial charge in [-0.15, -0.1) is 0 Å². The predicted molar refractivity (Wildman–Crippen MR) is 79.1 cm³/mol. The Hall–Kier alpha value is -1.13. The van der Waals surface area contributed by atoms with Gasteiger partial charge in [0.15, 0.2) is 5.82 Å². The SMILES string of the molecule is CCc1nc(-c2cccc(Cl)c2)nc(NC)c1Br. The van der Waals surface area contributed by atoms with Crippen LogP contribution in [0.15, 0.2) is 28.7 Å². The van der Waals surface area contributed by atoms with Crippen LogP contribution in [0.5, 0.6) is 0 Å². The summed E-state index contributed by atoms with van der Waals surface area (Å²) in [5.41, 5.74) is 1.89. The van der Waals surface area contributed by atoms with Gasteiger partial charge in [-0.25, -0.2) is 9.97 Å². The minimum atomic E-state index is 0.682. The van der Waals surface area contributed by atoms with E-state index >= 15 is 0 Å². The molecule has 1 aromatic carbocycles. The van der Waals surface area contributed by atoms with Crippen LogP contribution in [0, 0.1) is 0 Å². The van der Waals surface area contributed by atoms with Gasteiger partial charge in [-0.2, -0.15) is 0 Å². The lowest BCUT2D eigenvalue weighted by atomic mass is 10.2. The minimum absolute atomic E-state index is 0.682. The summed E-state index contributed by atoms with van der Waals surface area (Å²) >= 11 is 9.50.